The molecule has 3 rings (SSSR count). The number of carbonyl (C=O) groups is 2. The van der Waals surface area contributed by atoms with Gasteiger partial charge in [-0.25, -0.2) is 0 Å². The van der Waals surface area contributed by atoms with Crippen molar-refractivity contribution >= 4 is 29.1 Å². The summed E-state index contributed by atoms with van der Waals surface area (Å²) < 4.78 is 39.1. The van der Waals surface area contributed by atoms with Crippen molar-refractivity contribution in [3.8, 4) is 0 Å². The maximum atomic E-state index is 12.6. The number of nitrogens with zero attached hydrogens (tertiary/aromatic N) is 2. The molecule has 1 saturated heterocycles. The molecule has 30 heavy (non-hydrogen) atoms. The lowest BCUT2D eigenvalue weighted by molar-refractivity contribution is -0.137. The fraction of sp³-hybridized carbons (Fsp3) is 0.350. The molecule has 1 aromatic carbocycles. The predicted octanol–water partition coefficient (Wildman–Crippen LogP) is 3.40. The minimum atomic E-state index is -4.43. The molecule has 10 heteroatoms. The van der Waals surface area contributed by atoms with Gasteiger partial charge in [0, 0.05) is 37.0 Å². The van der Waals surface area contributed by atoms with Gasteiger partial charge in [-0.3, -0.25) is 14.4 Å². The van der Waals surface area contributed by atoms with Crippen LogP contribution in [0.5, 0.6) is 0 Å². The number of anilines is 1. The molecule has 0 radical (unpaired) electrons. The SMILES string of the molecule is O=C(Nc1ccc(C(F)(F)F)cc1)C1CCN(C(=O)Cn2cc(Cl)ccc2=O)CC1. The molecule has 1 N–H and O–H groups in total. The first kappa shape index (κ1) is 21.9. The van der Waals surface area contributed by atoms with E-state index in [2.05, 4.69) is 5.32 Å². The number of piperidine rings is 1. The molecule has 2 amide bonds. The number of likely N-dealkylation sites (tertiary alicyclic amines) is 1. The van der Waals surface area contributed by atoms with Crippen LogP contribution in [0.25, 0.3) is 0 Å². The molecule has 1 aliphatic heterocycles. The lowest BCUT2D eigenvalue weighted by Gasteiger charge is -2.31. The first-order valence-electron chi connectivity index (χ1n) is 9.25. The van der Waals surface area contributed by atoms with Gasteiger partial charge in [-0.15, -0.1) is 0 Å². The smallest absolute Gasteiger partial charge is 0.341 e. The second-order valence-electron chi connectivity index (χ2n) is 7.03. The predicted molar refractivity (Wildman–Crippen MR) is 105 cm³/mol. The molecule has 0 bridgehead atoms. The molecular weight excluding hydrogens is 423 g/mol. The molecule has 0 spiro atoms. The maximum absolute atomic E-state index is 12.6. The molecule has 1 aliphatic rings. The number of carbonyl (C=O) groups excluding carboxylic acids is 2. The Morgan fingerprint density at radius 2 is 1.70 bits per heavy atom. The van der Waals surface area contributed by atoms with Gasteiger partial charge in [-0.05, 0) is 43.2 Å². The largest absolute Gasteiger partial charge is 0.416 e. The zero-order valence-corrected chi connectivity index (χ0v) is 16.5. The summed E-state index contributed by atoms with van der Waals surface area (Å²) in [6, 6.07) is 6.98. The zero-order valence-electron chi connectivity index (χ0n) is 15.8. The lowest BCUT2D eigenvalue weighted by atomic mass is 9.95. The second kappa shape index (κ2) is 8.91. The molecule has 160 valence electrons. The molecule has 0 aliphatic carbocycles. The Morgan fingerprint density at radius 3 is 2.30 bits per heavy atom. The van der Waals surface area contributed by atoms with Gasteiger partial charge in [0.2, 0.25) is 11.8 Å². The van der Waals surface area contributed by atoms with E-state index >= 15 is 0 Å². The van der Waals surface area contributed by atoms with E-state index in [1.165, 1.54) is 35.0 Å². The van der Waals surface area contributed by atoms with Crippen molar-refractivity contribution in [2.45, 2.75) is 25.6 Å². The quantitative estimate of drug-likeness (QED) is 0.790. The van der Waals surface area contributed by atoms with Crippen molar-refractivity contribution in [3.63, 3.8) is 0 Å². The molecule has 1 fully saturated rings. The van der Waals surface area contributed by atoms with Crippen LogP contribution in [-0.2, 0) is 22.3 Å². The Kier molecular flexibility index (Phi) is 6.50. The Labute approximate surface area is 175 Å². The number of hydrogen-bond donors (Lipinski definition) is 1. The Morgan fingerprint density at radius 1 is 1.07 bits per heavy atom. The van der Waals surface area contributed by atoms with E-state index in [0.29, 0.717) is 31.0 Å². The molecule has 2 heterocycles. The van der Waals surface area contributed by atoms with Gasteiger partial charge < -0.3 is 14.8 Å². The summed E-state index contributed by atoms with van der Waals surface area (Å²) in [6.45, 7) is 0.556. The highest BCUT2D eigenvalue weighted by Gasteiger charge is 2.30. The highest BCUT2D eigenvalue weighted by molar-refractivity contribution is 6.30. The molecule has 2 aromatic rings. The third-order valence-electron chi connectivity index (χ3n) is 4.95. The van der Waals surface area contributed by atoms with Crippen LogP contribution in [0.1, 0.15) is 18.4 Å². The normalized spacial score (nSPS) is 15.1. The zero-order chi connectivity index (χ0) is 21.9. The van der Waals surface area contributed by atoms with E-state index in [-0.39, 0.29) is 35.5 Å². The highest BCUT2D eigenvalue weighted by Crippen LogP contribution is 2.30. The number of aromatic nitrogens is 1. The van der Waals surface area contributed by atoms with E-state index in [0.717, 1.165) is 12.1 Å². The highest BCUT2D eigenvalue weighted by atomic mass is 35.5. The van der Waals surface area contributed by atoms with Crippen molar-refractivity contribution in [2.75, 3.05) is 18.4 Å². The van der Waals surface area contributed by atoms with Gasteiger partial charge in [-0.1, -0.05) is 11.6 Å². The average molecular weight is 442 g/mol. The third kappa shape index (κ3) is 5.41. The van der Waals surface area contributed by atoms with Gasteiger partial charge >= 0.3 is 6.18 Å². The van der Waals surface area contributed by atoms with Crippen LogP contribution >= 0.6 is 11.6 Å². The topological polar surface area (TPSA) is 71.4 Å². The molecule has 0 saturated carbocycles. The summed E-state index contributed by atoms with van der Waals surface area (Å²) in [5, 5.41) is 2.97. The fourth-order valence-corrected chi connectivity index (χ4v) is 3.43. The summed E-state index contributed by atoms with van der Waals surface area (Å²) in [5.74, 6) is -0.904. The van der Waals surface area contributed by atoms with Crippen LogP contribution in [0.15, 0.2) is 47.4 Å². The van der Waals surface area contributed by atoms with E-state index in [1.54, 1.807) is 4.90 Å². The lowest BCUT2D eigenvalue weighted by Crippen LogP contribution is -2.43. The van der Waals surface area contributed by atoms with Gasteiger partial charge in [0.1, 0.15) is 6.54 Å². The number of alkyl halides is 3. The van der Waals surface area contributed by atoms with Gasteiger partial charge in [0.25, 0.3) is 5.56 Å². The fourth-order valence-electron chi connectivity index (χ4n) is 3.25. The molecule has 0 unspecified atom stereocenters. The van der Waals surface area contributed by atoms with Crippen molar-refractivity contribution in [1.82, 2.24) is 9.47 Å². The summed E-state index contributed by atoms with van der Waals surface area (Å²) in [7, 11) is 0. The van der Waals surface area contributed by atoms with Crippen molar-refractivity contribution in [2.24, 2.45) is 5.92 Å². The molecule has 1 aromatic heterocycles. The number of halogens is 4. The van der Waals surface area contributed by atoms with Crippen LogP contribution in [0.3, 0.4) is 0 Å². The van der Waals surface area contributed by atoms with Crippen LogP contribution < -0.4 is 10.9 Å². The van der Waals surface area contributed by atoms with Crippen molar-refractivity contribution < 1.29 is 22.8 Å². The molecule has 0 atom stereocenters. The van der Waals surface area contributed by atoms with Gasteiger partial charge in [0.05, 0.1) is 10.6 Å². The summed E-state index contributed by atoms with van der Waals surface area (Å²) in [5.41, 5.74) is -0.837. The standard InChI is InChI=1S/C20H19ClF3N3O3/c21-15-3-6-17(28)27(11-15)12-18(29)26-9-7-13(8-10-26)19(30)25-16-4-1-14(2-5-16)20(22,23)24/h1-6,11,13H,7-10,12H2,(H,25,30). The third-order valence-corrected chi connectivity index (χ3v) is 5.17. The van der Waals surface area contributed by atoms with E-state index in [9.17, 15) is 27.6 Å². The second-order valence-corrected chi connectivity index (χ2v) is 7.47. The Balaban J connectivity index is 1.52. The minimum absolute atomic E-state index is 0.137. The van der Waals surface area contributed by atoms with Gasteiger partial charge in [0.15, 0.2) is 0 Å². The Bertz CT molecular complexity index is 981. The average Bonchev–Trinajstić information content (AvgIpc) is 2.70. The number of pyridine rings is 1. The number of nitrogens with one attached hydrogen (secondary N) is 1. The van der Waals surface area contributed by atoms with E-state index in [1.807, 2.05) is 0 Å². The summed E-state index contributed by atoms with van der Waals surface area (Å²) in [4.78, 5) is 38.2. The summed E-state index contributed by atoms with van der Waals surface area (Å²) in [6.07, 6.45) is -2.20. The van der Waals surface area contributed by atoms with Crippen molar-refractivity contribution in [1.29, 1.82) is 0 Å². The monoisotopic (exact) mass is 441 g/mol. The minimum Gasteiger partial charge on any atom is -0.341 e. The number of hydrogen-bond acceptors (Lipinski definition) is 3. The maximum Gasteiger partial charge on any atom is 0.416 e. The van der Waals surface area contributed by atoms with E-state index in [4.69, 9.17) is 11.6 Å². The van der Waals surface area contributed by atoms with Crippen LogP contribution in [0.2, 0.25) is 5.02 Å². The molecule has 6 nitrogen and oxygen atoms in total. The van der Waals surface area contributed by atoms with E-state index < -0.39 is 11.7 Å². The Hall–Kier alpha value is -2.81. The number of amides is 2. The van der Waals surface area contributed by atoms with Crippen molar-refractivity contribution in [3.05, 3.63) is 63.5 Å². The number of rotatable bonds is 4. The van der Waals surface area contributed by atoms with Crippen LogP contribution in [0, 0.1) is 5.92 Å². The van der Waals surface area contributed by atoms with Crippen LogP contribution in [0.4, 0.5) is 18.9 Å². The summed E-state index contributed by atoms with van der Waals surface area (Å²) >= 11 is 5.85. The first-order valence-corrected chi connectivity index (χ1v) is 9.63. The number of benzene rings is 1. The molecular formula is C20H19ClF3N3O3. The van der Waals surface area contributed by atoms with Gasteiger partial charge in [-0.2, -0.15) is 13.2 Å². The first-order chi connectivity index (χ1) is 14.1. The van der Waals surface area contributed by atoms with Crippen LogP contribution in [-0.4, -0.2) is 34.4 Å².